The van der Waals surface area contributed by atoms with Crippen LogP contribution >= 0.6 is 0 Å². The molecule has 39 heavy (non-hydrogen) atoms. The van der Waals surface area contributed by atoms with E-state index in [4.69, 9.17) is 4.74 Å². The maximum absolute atomic E-state index is 13.9. The van der Waals surface area contributed by atoms with Gasteiger partial charge in [0, 0.05) is 36.6 Å². The normalized spacial score (nSPS) is 13.8. The number of carbonyl (C=O) groups is 2. The number of amides is 2. The van der Waals surface area contributed by atoms with Crippen molar-refractivity contribution >= 4 is 17.5 Å². The number of nitrogens with zero attached hydrogens (tertiary/aromatic N) is 3. The van der Waals surface area contributed by atoms with Gasteiger partial charge in [-0.15, -0.1) is 0 Å². The Labute approximate surface area is 221 Å². The molecule has 0 atom stereocenters. The van der Waals surface area contributed by atoms with Gasteiger partial charge in [0.1, 0.15) is 17.3 Å². The molecule has 4 aromatic rings. The van der Waals surface area contributed by atoms with Gasteiger partial charge in [0.2, 0.25) is 5.88 Å². The van der Waals surface area contributed by atoms with E-state index in [-0.39, 0.29) is 40.2 Å². The number of likely N-dealkylation sites (tertiary alicyclic amines) is 1. The van der Waals surface area contributed by atoms with Crippen LogP contribution in [0.3, 0.4) is 0 Å². The van der Waals surface area contributed by atoms with Crippen molar-refractivity contribution in [1.29, 1.82) is 0 Å². The lowest BCUT2D eigenvalue weighted by atomic mass is 9.89. The Hall–Kier alpha value is -4.67. The van der Waals surface area contributed by atoms with E-state index in [1.165, 1.54) is 19.4 Å². The summed E-state index contributed by atoms with van der Waals surface area (Å²) < 4.78 is 45.7. The average molecular weight is 536 g/mol. The highest BCUT2D eigenvalue weighted by Crippen LogP contribution is 2.30. The lowest BCUT2D eigenvalue weighted by Gasteiger charge is -2.32. The van der Waals surface area contributed by atoms with Crippen LogP contribution in [0.1, 0.15) is 45.2 Å². The molecular weight excluding hydrogens is 511 g/mol. The molecule has 0 radical (unpaired) electrons. The van der Waals surface area contributed by atoms with Crippen LogP contribution in [-0.4, -0.2) is 52.1 Å². The van der Waals surface area contributed by atoms with Gasteiger partial charge in [-0.3, -0.25) is 14.7 Å². The molecule has 0 spiro atoms. The van der Waals surface area contributed by atoms with Crippen LogP contribution in [0.25, 0.3) is 11.3 Å². The number of rotatable bonds is 6. The number of hydrogen-bond donors (Lipinski definition) is 2. The first-order valence-electron chi connectivity index (χ1n) is 12.2. The van der Waals surface area contributed by atoms with Crippen molar-refractivity contribution in [2.24, 2.45) is 0 Å². The molecule has 2 aromatic heterocycles. The summed E-state index contributed by atoms with van der Waals surface area (Å²) in [6.45, 7) is 1.06. The minimum atomic E-state index is -0.722. The maximum Gasteiger partial charge on any atom is 0.271 e. The first-order chi connectivity index (χ1) is 18.8. The largest absolute Gasteiger partial charge is 0.479 e. The van der Waals surface area contributed by atoms with E-state index in [2.05, 4.69) is 20.5 Å². The van der Waals surface area contributed by atoms with Crippen molar-refractivity contribution in [2.45, 2.75) is 18.8 Å². The fourth-order valence-corrected chi connectivity index (χ4v) is 4.61. The van der Waals surface area contributed by atoms with Crippen LogP contribution in [0.4, 0.5) is 18.9 Å². The van der Waals surface area contributed by atoms with Crippen molar-refractivity contribution in [1.82, 2.24) is 20.1 Å². The van der Waals surface area contributed by atoms with E-state index in [0.29, 0.717) is 18.8 Å². The van der Waals surface area contributed by atoms with Gasteiger partial charge in [0.15, 0.2) is 5.82 Å². The van der Waals surface area contributed by atoms with Crippen LogP contribution in [-0.2, 0) is 0 Å². The Bertz CT molecular complexity index is 1500. The molecule has 2 aromatic carbocycles. The van der Waals surface area contributed by atoms with Crippen molar-refractivity contribution < 1.29 is 27.5 Å². The van der Waals surface area contributed by atoms with Crippen LogP contribution in [0.2, 0.25) is 0 Å². The van der Waals surface area contributed by atoms with Crippen LogP contribution < -0.4 is 10.1 Å². The highest BCUT2D eigenvalue weighted by molar-refractivity contribution is 6.04. The molecule has 2 N–H and O–H groups in total. The Kier molecular flexibility index (Phi) is 7.31. The number of H-pyrrole nitrogens is 1. The number of carbonyl (C=O) groups excluding carboxylic acids is 2. The molecular formula is C28H24F3N5O3. The van der Waals surface area contributed by atoms with E-state index >= 15 is 0 Å². The summed E-state index contributed by atoms with van der Waals surface area (Å²) in [5, 5.41) is 9.44. The zero-order valence-electron chi connectivity index (χ0n) is 20.9. The fourth-order valence-electron chi connectivity index (χ4n) is 4.61. The standard InChI is InChI=1S/C28H24F3N5O3/c1-39-27-23(31)12-19(15-32-27)26(37)33-22-4-2-16(3-5-22)17-6-8-36(9-7-17)28(38)25-14-24(34-35-25)18-10-20(29)13-21(30)11-18/h2-5,10-15,17H,6-9H2,1H3,(H,33,37)(H,34,35). The number of ether oxygens (including phenoxy) is 1. The van der Waals surface area contributed by atoms with E-state index < -0.39 is 23.4 Å². The molecule has 1 fully saturated rings. The van der Waals surface area contributed by atoms with Crippen molar-refractivity contribution in [3.63, 3.8) is 0 Å². The summed E-state index contributed by atoms with van der Waals surface area (Å²) in [7, 11) is 1.30. The minimum Gasteiger partial charge on any atom is -0.479 e. The topological polar surface area (TPSA) is 100 Å². The van der Waals surface area contributed by atoms with Crippen LogP contribution in [0.5, 0.6) is 5.88 Å². The second-order valence-electron chi connectivity index (χ2n) is 9.18. The lowest BCUT2D eigenvalue weighted by Crippen LogP contribution is -2.38. The van der Waals surface area contributed by atoms with E-state index in [1.807, 2.05) is 12.1 Å². The number of aromatic nitrogens is 3. The third kappa shape index (κ3) is 5.77. The first kappa shape index (κ1) is 26.0. The van der Waals surface area contributed by atoms with Gasteiger partial charge in [-0.1, -0.05) is 12.1 Å². The summed E-state index contributed by atoms with van der Waals surface area (Å²) >= 11 is 0. The number of pyridine rings is 1. The van der Waals surface area contributed by atoms with Crippen LogP contribution in [0.15, 0.2) is 60.8 Å². The summed E-state index contributed by atoms with van der Waals surface area (Å²) in [4.78, 5) is 30.9. The number of nitrogens with one attached hydrogen (secondary N) is 2. The average Bonchev–Trinajstić information content (AvgIpc) is 3.43. The molecule has 0 saturated carbocycles. The highest BCUT2D eigenvalue weighted by atomic mass is 19.1. The molecule has 1 aliphatic rings. The Morgan fingerprint density at radius 2 is 1.69 bits per heavy atom. The van der Waals surface area contributed by atoms with Gasteiger partial charge >= 0.3 is 0 Å². The quantitative estimate of drug-likeness (QED) is 0.355. The third-order valence-electron chi connectivity index (χ3n) is 6.65. The molecule has 0 unspecified atom stereocenters. The Morgan fingerprint density at radius 3 is 2.33 bits per heavy atom. The molecule has 1 aliphatic heterocycles. The minimum absolute atomic E-state index is 0.0712. The predicted octanol–water partition coefficient (Wildman–Crippen LogP) is 5.17. The molecule has 200 valence electrons. The highest BCUT2D eigenvalue weighted by Gasteiger charge is 2.26. The molecule has 11 heteroatoms. The summed E-state index contributed by atoms with van der Waals surface area (Å²) in [5.74, 6) is -2.84. The fraction of sp³-hybridized carbons (Fsp3) is 0.214. The van der Waals surface area contributed by atoms with E-state index in [0.717, 1.165) is 42.7 Å². The summed E-state index contributed by atoms with van der Waals surface area (Å²) in [5.41, 5.74) is 2.48. The number of benzene rings is 2. The first-order valence-corrected chi connectivity index (χ1v) is 12.2. The molecule has 5 rings (SSSR count). The smallest absolute Gasteiger partial charge is 0.271 e. The Balaban J connectivity index is 1.16. The second-order valence-corrected chi connectivity index (χ2v) is 9.18. The number of hydrogen-bond acceptors (Lipinski definition) is 5. The van der Waals surface area contributed by atoms with Crippen molar-refractivity contribution in [3.05, 3.63) is 95.1 Å². The molecule has 2 amide bonds. The number of piperidine rings is 1. The van der Waals surface area contributed by atoms with Gasteiger partial charge in [-0.2, -0.15) is 5.10 Å². The summed E-state index contributed by atoms with van der Waals surface area (Å²) in [6, 6.07) is 13.0. The van der Waals surface area contributed by atoms with E-state index in [1.54, 1.807) is 17.0 Å². The number of aromatic amines is 1. The van der Waals surface area contributed by atoms with Gasteiger partial charge < -0.3 is 15.0 Å². The zero-order chi connectivity index (χ0) is 27.5. The molecule has 0 aliphatic carbocycles. The van der Waals surface area contributed by atoms with E-state index in [9.17, 15) is 22.8 Å². The molecule has 0 bridgehead atoms. The Morgan fingerprint density at radius 1 is 1.00 bits per heavy atom. The van der Waals surface area contributed by atoms with Gasteiger partial charge in [-0.25, -0.2) is 18.2 Å². The maximum atomic E-state index is 13.9. The van der Waals surface area contributed by atoms with Crippen LogP contribution in [0, 0.1) is 17.5 Å². The number of anilines is 1. The van der Waals surface area contributed by atoms with Crippen molar-refractivity contribution in [2.75, 3.05) is 25.5 Å². The molecule has 1 saturated heterocycles. The monoisotopic (exact) mass is 535 g/mol. The summed E-state index contributed by atoms with van der Waals surface area (Å²) in [6.07, 6.45) is 2.72. The molecule has 3 heterocycles. The third-order valence-corrected chi connectivity index (χ3v) is 6.65. The van der Waals surface area contributed by atoms with Gasteiger partial charge in [0.25, 0.3) is 11.8 Å². The van der Waals surface area contributed by atoms with Gasteiger partial charge in [-0.05, 0) is 60.7 Å². The number of methoxy groups -OCH3 is 1. The number of halogens is 3. The lowest BCUT2D eigenvalue weighted by molar-refractivity contribution is 0.0707. The van der Waals surface area contributed by atoms with Crippen molar-refractivity contribution in [3.8, 4) is 17.1 Å². The van der Waals surface area contributed by atoms with Gasteiger partial charge in [0.05, 0.1) is 18.4 Å². The predicted molar refractivity (Wildman–Crippen MR) is 137 cm³/mol. The SMILES string of the molecule is COc1ncc(C(=O)Nc2ccc(C3CCN(C(=O)c4cc(-c5cc(F)cc(F)c5)n[nH]4)CC3)cc2)cc1F. The molecule has 8 nitrogen and oxygen atoms in total. The second kappa shape index (κ2) is 11.0. The zero-order valence-corrected chi connectivity index (χ0v) is 20.9.